The summed E-state index contributed by atoms with van der Waals surface area (Å²) in [7, 11) is 0. The first-order valence-corrected chi connectivity index (χ1v) is 7.39. The van der Waals surface area contributed by atoms with Gasteiger partial charge in [-0.3, -0.25) is 4.79 Å². The van der Waals surface area contributed by atoms with Gasteiger partial charge in [0.2, 0.25) is 5.91 Å². The number of hydrogen-bond acceptors (Lipinski definition) is 2. The molecule has 1 aromatic rings. The smallest absolute Gasteiger partial charge is 0.242 e. The fraction of sp³-hybridized carbons (Fsp3) is 0.462. The lowest BCUT2D eigenvalue weighted by atomic mass is 10.1. The number of anilines is 1. The van der Waals surface area contributed by atoms with Gasteiger partial charge in [-0.2, -0.15) is 0 Å². The second-order valence-corrected chi connectivity index (χ2v) is 6.94. The quantitative estimate of drug-likeness (QED) is 0.773. The molecule has 1 atom stereocenters. The Labute approximate surface area is 132 Å². The van der Waals surface area contributed by atoms with Crippen molar-refractivity contribution in [3.63, 3.8) is 0 Å². The molecular weight excluding hydrogens is 351 g/mol. The van der Waals surface area contributed by atoms with Gasteiger partial charge in [-0.1, -0.05) is 23.2 Å². The van der Waals surface area contributed by atoms with E-state index in [-0.39, 0.29) is 11.4 Å². The largest absolute Gasteiger partial charge is 0.373 e. The molecule has 1 unspecified atom stereocenters. The number of benzene rings is 1. The first-order chi connectivity index (χ1) is 8.61. The van der Waals surface area contributed by atoms with Gasteiger partial charge in [-0.25, -0.2) is 0 Å². The van der Waals surface area contributed by atoms with Crippen LogP contribution in [0.3, 0.4) is 0 Å². The van der Waals surface area contributed by atoms with Gasteiger partial charge in [0.25, 0.3) is 0 Å². The van der Waals surface area contributed by atoms with E-state index in [0.717, 1.165) is 4.47 Å². The lowest BCUT2D eigenvalue weighted by molar-refractivity contribution is -0.122. The summed E-state index contributed by atoms with van der Waals surface area (Å²) < 4.78 is 0.719. The molecule has 0 spiro atoms. The molecule has 0 radical (unpaired) electrons. The van der Waals surface area contributed by atoms with Gasteiger partial charge in [0.05, 0.1) is 15.7 Å². The molecule has 2 N–H and O–H groups in total. The van der Waals surface area contributed by atoms with Crippen LogP contribution < -0.4 is 10.6 Å². The van der Waals surface area contributed by atoms with E-state index >= 15 is 0 Å². The van der Waals surface area contributed by atoms with Crippen LogP contribution in [0.2, 0.25) is 10.0 Å². The predicted molar refractivity (Wildman–Crippen MR) is 85.1 cm³/mol. The van der Waals surface area contributed by atoms with Gasteiger partial charge >= 0.3 is 0 Å². The van der Waals surface area contributed by atoms with Crippen LogP contribution >= 0.6 is 39.1 Å². The standard InChI is InChI=1S/C13H17BrCl2N2O/c1-7(12(19)18-13(2,3)4)17-9-6-5-8(14)10(15)11(9)16/h5-7,17H,1-4H3,(H,18,19). The van der Waals surface area contributed by atoms with E-state index in [9.17, 15) is 4.79 Å². The SMILES string of the molecule is CC(Nc1ccc(Br)c(Cl)c1Cl)C(=O)NC(C)(C)C. The zero-order valence-corrected chi connectivity index (χ0v) is 14.4. The number of carbonyl (C=O) groups excluding carboxylic acids is 1. The van der Waals surface area contributed by atoms with E-state index in [0.29, 0.717) is 15.7 Å². The zero-order chi connectivity index (χ0) is 14.8. The maximum absolute atomic E-state index is 12.0. The van der Waals surface area contributed by atoms with Gasteiger partial charge in [0.15, 0.2) is 0 Å². The molecule has 3 nitrogen and oxygen atoms in total. The highest BCUT2D eigenvalue weighted by atomic mass is 79.9. The third kappa shape index (κ3) is 4.86. The zero-order valence-electron chi connectivity index (χ0n) is 11.3. The highest BCUT2D eigenvalue weighted by Crippen LogP contribution is 2.36. The van der Waals surface area contributed by atoms with E-state index in [1.54, 1.807) is 19.1 Å². The molecular formula is C13H17BrCl2N2O. The van der Waals surface area contributed by atoms with Crippen molar-refractivity contribution in [1.82, 2.24) is 5.32 Å². The van der Waals surface area contributed by atoms with Crippen LogP contribution in [-0.2, 0) is 4.79 Å². The molecule has 0 fully saturated rings. The van der Waals surface area contributed by atoms with E-state index < -0.39 is 6.04 Å². The van der Waals surface area contributed by atoms with Crippen molar-refractivity contribution in [2.45, 2.75) is 39.3 Å². The van der Waals surface area contributed by atoms with Crippen LogP contribution in [0.25, 0.3) is 0 Å². The third-order valence-corrected chi connectivity index (χ3v) is 4.07. The summed E-state index contributed by atoms with van der Waals surface area (Å²) in [5, 5.41) is 6.77. The summed E-state index contributed by atoms with van der Waals surface area (Å²) in [6.45, 7) is 7.57. The summed E-state index contributed by atoms with van der Waals surface area (Å²) >= 11 is 15.4. The van der Waals surface area contributed by atoms with Crippen molar-refractivity contribution in [3.8, 4) is 0 Å². The number of halogens is 3. The van der Waals surface area contributed by atoms with E-state index in [2.05, 4.69) is 26.6 Å². The molecule has 19 heavy (non-hydrogen) atoms. The van der Waals surface area contributed by atoms with Crippen molar-refractivity contribution < 1.29 is 4.79 Å². The Morgan fingerprint density at radius 1 is 1.26 bits per heavy atom. The van der Waals surface area contributed by atoms with Crippen molar-refractivity contribution >= 4 is 50.7 Å². The molecule has 1 amide bonds. The second kappa shape index (κ2) is 6.33. The molecule has 0 saturated heterocycles. The molecule has 0 bridgehead atoms. The van der Waals surface area contributed by atoms with Crippen LogP contribution in [-0.4, -0.2) is 17.5 Å². The molecule has 0 aliphatic heterocycles. The average molecular weight is 368 g/mol. The highest BCUT2D eigenvalue weighted by molar-refractivity contribution is 9.10. The van der Waals surface area contributed by atoms with E-state index in [4.69, 9.17) is 23.2 Å². The fourth-order valence-electron chi connectivity index (χ4n) is 1.41. The minimum Gasteiger partial charge on any atom is -0.373 e. The van der Waals surface area contributed by atoms with Crippen molar-refractivity contribution in [3.05, 3.63) is 26.7 Å². The number of hydrogen-bond donors (Lipinski definition) is 2. The van der Waals surface area contributed by atoms with Crippen LogP contribution in [0, 0.1) is 0 Å². The summed E-state index contributed by atoms with van der Waals surface area (Å²) in [4.78, 5) is 12.0. The molecule has 106 valence electrons. The Morgan fingerprint density at radius 2 is 1.84 bits per heavy atom. The second-order valence-electron chi connectivity index (χ2n) is 5.33. The normalized spacial score (nSPS) is 13.0. The van der Waals surface area contributed by atoms with Crippen molar-refractivity contribution in [2.24, 2.45) is 0 Å². The van der Waals surface area contributed by atoms with Crippen LogP contribution in [0.5, 0.6) is 0 Å². The Balaban J connectivity index is 2.80. The van der Waals surface area contributed by atoms with Gasteiger partial charge < -0.3 is 10.6 Å². The topological polar surface area (TPSA) is 41.1 Å². The summed E-state index contributed by atoms with van der Waals surface area (Å²) in [6, 6.07) is 3.15. The van der Waals surface area contributed by atoms with Crippen LogP contribution in [0.4, 0.5) is 5.69 Å². The lowest BCUT2D eigenvalue weighted by Crippen LogP contribution is -2.47. The lowest BCUT2D eigenvalue weighted by Gasteiger charge is -2.24. The fourth-order valence-corrected chi connectivity index (χ4v) is 2.24. The third-order valence-electron chi connectivity index (χ3n) is 2.30. The van der Waals surface area contributed by atoms with Crippen LogP contribution in [0.1, 0.15) is 27.7 Å². The van der Waals surface area contributed by atoms with Gasteiger partial charge in [0, 0.05) is 10.0 Å². The number of amides is 1. The number of rotatable bonds is 3. The molecule has 1 aromatic carbocycles. The van der Waals surface area contributed by atoms with Gasteiger partial charge in [0.1, 0.15) is 6.04 Å². The van der Waals surface area contributed by atoms with Crippen LogP contribution in [0.15, 0.2) is 16.6 Å². The Kier molecular flexibility index (Phi) is 5.53. The Bertz CT molecular complexity index is 486. The predicted octanol–water partition coefficient (Wildman–Crippen LogP) is 4.47. The van der Waals surface area contributed by atoms with E-state index in [1.807, 2.05) is 20.8 Å². The summed E-state index contributed by atoms with van der Waals surface area (Å²) in [5.41, 5.74) is 0.361. The molecule has 0 aromatic heterocycles. The average Bonchev–Trinajstić information content (AvgIpc) is 2.27. The maximum atomic E-state index is 12.0. The molecule has 0 aliphatic rings. The van der Waals surface area contributed by atoms with Crippen molar-refractivity contribution in [1.29, 1.82) is 0 Å². The first-order valence-electron chi connectivity index (χ1n) is 5.84. The summed E-state index contributed by atoms with van der Waals surface area (Å²) in [6.07, 6.45) is 0. The molecule has 6 heteroatoms. The van der Waals surface area contributed by atoms with Gasteiger partial charge in [-0.05, 0) is 55.8 Å². The van der Waals surface area contributed by atoms with E-state index in [1.165, 1.54) is 0 Å². The van der Waals surface area contributed by atoms with Gasteiger partial charge in [-0.15, -0.1) is 0 Å². The number of carbonyl (C=O) groups is 1. The molecule has 1 rings (SSSR count). The minimum absolute atomic E-state index is 0.0948. The molecule has 0 saturated carbocycles. The number of nitrogens with one attached hydrogen (secondary N) is 2. The molecule has 0 heterocycles. The van der Waals surface area contributed by atoms with Crippen molar-refractivity contribution in [2.75, 3.05) is 5.32 Å². The molecule has 0 aliphatic carbocycles. The summed E-state index contributed by atoms with van der Waals surface area (Å²) in [5.74, 6) is -0.0948. The monoisotopic (exact) mass is 366 g/mol. The maximum Gasteiger partial charge on any atom is 0.242 e. The Morgan fingerprint density at radius 3 is 2.37 bits per heavy atom. The minimum atomic E-state index is -0.408. The highest BCUT2D eigenvalue weighted by Gasteiger charge is 2.20. The Hall–Kier alpha value is -0.450. The first kappa shape index (κ1) is 16.6.